The molecule has 156 valence electrons. The van der Waals surface area contributed by atoms with Crippen LogP contribution in [0.4, 0.5) is 13.2 Å². The summed E-state index contributed by atoms with van der Waals surface area (Å²) in [5, 5.41) is 1.14. The van der Waals surface area contributed by atoms with Gasteiger partial charge in [0.2, 0.25) is 0 Å². The van der Waals surface area contributed by atoms with Crippen molar-refractivity contribution in [3.05, 3.63) is 82.7 Å². The first-order valence-corrected chi connectivity index (χ1v) is 10.7. The largest absolute Gasteiger partial charge is 0.206 e. The Hall–Kier alpha value is -3.17. The highest BCUT2D eigenvalue weighted by atomic mass is 19.2. The van der Waals surface area contributed by atoms with Crippen molar-refractivity contribution in [3.63, 3.8) is 0 Å². The van der Waals surface area contributed by atoms with Crippen molar-refractivity contribution in [2.24, 2.45) is 11.8 Å². The van der Waals surface area contributed by atoms with Gasteiger partial charge in [-0.25, -0.2) is 13.2 Å². The lowest BCUT2D eigenvalue weighted by Gasteiger charge is -2.25. The molecule has 0 aromatic heterocycles. The molecule has 31 heavy (non-hydrogen) atoms. The molecule has 4 rings (SSSR count). The molecule has 0 saturated heterocycles. The number of hydrogen-bond donors (Lipinski definition) is 0. The molecule has 3 aromatic rings. The van der Waals surface area contributed by atoms with Gasteiger partial charge < -0.3 is 0 Å². The topological polar surface area (TPSA) is 0 Å². The van der Waals surface area contributed by atoms with Crippen molar-refractivity contribution in [3.8, 4) is 24.2 Å². The Morgan fingerprint density at radius 2 is 1.52 bits per heavy atom. The predicted molar refractivity (Wildman–Crippen MR) is 119 cm³/mol. The highest BCUT2D eigenvalue weighted by Gasteiger charge is 2.19. The van der Waals surface area contributed by atoms with Gasteiger partial charge in [0.15, 0.2) is 11.6 Å². The van der Waals surface area contributed by atoms with Crippen molar-refractivity contribution in [1.29, 1.82) is 0 Å². The van der Waals surface area contributed by atoms with Crippen LogP contribution >= 0.6 is 0 Å². The smallest absolute Gasteiger partial charge is 0.159 e. The van der Waals surface area contributed by atoms with Gasteiger partial charge in [-0.3, -0.25) is 0 Å². The van der Waals surface area contributed by atoms with E-state index in [1.807, 2.05) is 6.07 Å². The molecule has 1 saturated carbocycles. The zero-order valence-corrected chi connectivity index (χ0v) is 17.2. The van der Waals surface area contributed by atoms with Crippen molar-refractivity contribution in [1.82, 2.24) is 0 Å². The molecule has 3 aromatic carbocycles. The summed E-state index contributed by atoms with van der Waals surface area (Å²) in [6, 6.07) is 12.6. The first-order chi connectivity index (χ1) is 15.0. The minimum atomic E-state index is -0.900. The van der Waals surface area contributed by atoms with Crippen molar-refractivity contribution >= 4 is 10.8 Å². The van der Waals surface area contributed by atoms with Gasteiger partial charge in [0, 0.05) is 11.5 Å². The van der Waals surface area contributed by atoms with E-state index >= 15 is 0 Å². The van der Waals surface area contributed by atoms with Gasteiger partial charge >= 0.3 is 0 Å². The lowest BCUT2D eigenvalue weighted by Crippen LogP contribution is -2.13. The Labute approximate surface area is 181 Å². The number of benzene rings is 3. The van der Waals surface area contributed by atoms with Gasteiger partial charge in [-0.1, -0.05) is 24.0 Å². The molecule has 0 bridgehead atoms. The molecule has 0 heterocycles. The summed E-state index contributed by atoms with van der Waals surface area (Å²) in [5.41, 5.74) is 1.92. The van der Waals surface area contributed by atoms with E-state index in [1.165, 1.54) is 0 Å². The fourth-order valence-electron chi connectivity index (χ4n) is 4.26. The van der Waals surface area contributed by atoms with E-state index < -0.39 is 11.6 Å². The van der Waals surface area contributed by atoms with Gasteiger partial charge in [0.1, 0.15) is 5.82 Å². The molecular weight excluding hydrogens is 393 g/mol. The molecule has 1 aliphatic rings. The van der Waals surface area contributed by atoms with Gasteiger partial charge in [-0.15, -0.1) is 12.3 Å². The molecule has 0 amide bonds. The molecule has 0 aliphatic heterocycles. The van der Waals surface area contributed by atoms with Gasteiger partial charge in [-0.05, 0) is 97.2 Å². The summed E-state index contributed by atoms with van der Waals surface area (Å²) in [4.78, 5) is 0. The molecule has 1 fully saturated rings. The van der Waals surface area contributed by atoms with Crippen LogP contribution in [-0.2, 0) is 6.42 Å². The average Bonchev–Trinajstić information content (AvgIpc) is 2.78. The number of fused-ring (bicyclic) bond motifs is 1. The van der Waals surface area contributed by atoms with E-state index in [2.05, 4.69) is 17.8 Å². The minimum Gasteiger partial charge on any atom is -0.206 e. The van der Waals surface area contributed by atoms with Crippen molar-refractivity contribution in [2.45, 2.75) is 38.5 Å². The predicted octanol–water partition coefficient (Wildman–Crippen LogP) is 7.03. The summed E-state index contributed by atoms with van der Waals surface area (Å²) in [6.07, 6.45) is 11.9. The van der Waals surface area contributed by atoms with E-state index in [1.54, 1.807) is 30.3 Å². The van der Waals surface area contributed by atoms with Crippen LogP contribution in [-0.4, -0.2) is 0 Å². The van der Waals surface area contributed by atoms with Crippen LogP contribution in [0.3, 0.4) is 0 Å². The minimum absolute atomic E-state index is 0.323. The van der Waals surface area contributed by atoms with Crippen molar-refractivity contribution in [2.75, 3.05) is 0 Å². The second-order valence-corrected chi connectivity index (χ2v) is 8.32. The molecule has 0 atom stereocenters. The van der Waals surface area contributed by atoms with Crippen LogP contribution < -0.4 is 0 Å². The van der Waals surface area contributed by atoms with Gasteiger partial charge in [-0.2, -0.15) is 0 Å². The normalized spacial score (nSPS) is 18.3. The molecule has 0 radical (unpaired) electrons. The lowest BCUT2D eigenvalue weighted by molar-refractivity contribution is 0.302. The van der Waals surface area contributed by atoms with E-state index in [9.17, 15) is 13.2 Å². The second-order valence-electron chi connectivity index (χ2n) is 8.32. The highest BCUT2D eigenvalue weighted by Crippen LogP contribution is 2.31. The quantitative estimate of drug-likeness (QED) is 0.402. The Morgan fingerprint density at radius 3 is 2.23 bits per heavy atom. The number of halogens is 3. The summed E-state index contributed by atoms with van der Waals surface area (Å²) >= 11 is 0. The SMILES string of the molecule is C#CC1CCC(CCc2ccc(C#Cc3ccc4cc(F)c(F)cc4c3)c(F)c2)CC1. The van der Waals surface area contributed by atoms with Gasteiger partial charge in [0.05, 0.1) is 5.56 Å². The van der Waals surface area contributed by atoms with E-state index in [4.69, 9.17) is 6.42 Å². The van der Waals surface area contributed by atoms with Crippen LogP contribution in [0, 0.1) is 53.5 Å². The molecule has 0 unspecified atom stereocenters. The molecule has 3 heteroatoms. The first-order valence-electron chi connectivity index (χ1n) is 10.7. The van der Waals surface area contributed by atoms with Crippen molar-refractivity contribution < 1.29 is 13.2 Å². The van der Waals surface area contributed by atoms with Crippen LogP contribution in [0.25, 0.3) is 10.8 Å². The highest BCUT2D eigenvalue weighted by molar-refractivity contribution is 5.84. The van der Waals surface area contributed by atoms with Crippen LogP contribution in [0.1, 0.15) is 48.8 Å². The zero-order chi connectivity index (χ0) is 21.8. The molecule has 0 nitrogen and oxygen atoms in total. The third kappa shape index (κ3) is 5.12. The average molecular weight is 416 g/mol. The third-order valence-electron chi connectivity index (χ3n) is 6.18. The maximum atomic E-state index is 14.5. The van der Waals surface area contributed by atoms with Crippen LogP contribution in [0.2, 0.25) is 0 Å². The van der Waals surface area contributed by atoms with Crippen LogP contribution in [0.5, 0.6) is 0 Å². The number of aryl methyl sites for hydroxylation is 1. The summed E-state index contributed by atoms with van der Waals surface area (Å²) in [7, 11) is 0. The second kappa shape index (κ2) is 9.32. The van der Waals surface area contributed by atoms with Gasteiger partial charge in [0.25, 0.3) is 0 Å². The Kier molecular flexibility index (Phi) is 6.34. The zero-order valence-electron chi connectivity index (χ0n) is 17.2. The Bertz CT molecular complexity index is 1200. The fourth-order valence-corrected chi connectivity index (χ4v) is 4.26. The van der Waals surface area contributed by atoms with E-state index in [0.717, 1.165) is 56.2 Å². The number of hydrogen-bond acceptors (Lipinski definition) is 0. The van der Waals surface area contributed by atoms with E-state index in [0.29, 0.717) is 33.7 Å². The van der Waals surface area contributed by atoms with Crippen LogP contribution in [0.15, 0.2) is 48.5 Å². The standard InChI is InChI=1S/C28H23F3/c1-2-19-3-5-20(6-4-19)7-8-22-10-13-23(26(29)16-22)12-9-21-11-14-24-17-27(30)28(31)18-25(24)15-21/h1,10-11,13-20H,3-8H2. The fraction of sp³-hybridized carbons (Fsp3) is 0.286. The number of rotatable bonds is 3. The monoisotopic (exact) mass is 416 g/mol. The summed E-state index contributed by atoms with van der Waals surface area (Å²) in [5.74, 6) is 7.60. The molecule has 0 spiro atoms. The maximum absolute atomic E-state index is 14.5. The molecular formula is C28H23F3. The number of terminal acetylenes is 1. The third-order valence-corrected chi connectivity index (χ3v) is 6.18. The molecule has 0 N–H and O–H groups in total. The maximum Gasteiger partial charge on any atom is 0.159 e. The summed E-state index contributed by atoms with van der Waals surface area (Å²) < 4.78 is 41.4. The Balaban J connectivity index is 1.42. The Morgan fingerprint density at radius 1 is 0.774 bits per heavy atom. The molecule has 1 aliphatic carbocycles. The van der Waals surface area contributed by atoms with E-state index in [-0.39, 0.29) is 5.82 Å². The lowest BCUT2D eigenvalue weighted by atomic mass is 9.80. The summed E-state index contributed by atoms with van der Waals surface area (Å²) in [6.45, 7) is 0. The first kappa shape index (κ1) is 21.1.